The first-order valence-corrected chi connectivity index (χ1v) is 5.36. The predicted molar refractivity (Wildman–Crippen MR) is 60.2 cm³/mol. The van der Waals surface area contributed by atoms with Crippen molar-refractivity contribution in [3.8, 4) is 0 Å². The monoisotopic (exact) mass is 231 g/mol. The van der Waals surface area contributed by atoms with E-state index >= 15 is 0 Å². The highest BCUT2D eigenvalue weighted by Crippen LogP contribution is 1.96. The van der Waals surface area contributed by atoms with Crippen molar-refractivity contribution in [3.05, 3.63) is 0 Å². The smallest absolute Gasteiger partial charge is 0.245 e. The summed E-state index contributed by atoms with van der Waals surface area (Å²) in [4.78, 5) is 26.5. The minimum absolute atomic E-state index is 0.162. The molecule has 4 N–H and O–H groups in total. The van der Waals surface area contributed by atoms with Gasteiger partial charge in [-0.15, -0.1) is 0 Å². The number of carbonyl (C=O) groups is 2. The van der Waals surface area contributed by atoms with Gasteiger partial charge in [-0.1, -0.05) is 13.8 Å². The molecule has 0 bridgehead atoms. The van der Waals surface area contributed by atoms with E-state index in [4.69, 9.17) is 10.6 Å². The zero-order valence-electron chi connectivity index (χ0n) is 10.1. The van der Waals surface area contributed by atoms with Gasteiger partial charge in [-0.05, 0) is 19.3 Å². The van der Waals surface area contributed by atoms with Crippen molar-refractivity contribution in [1.82, 2.24) is 10.8 Å². The van der Waals surface area contributed by atoms with Crippen LogP contribution in [0.3, 0.4) is 0 Å². The van der Waals surface area contributed by atoms with Crippen LogP contribution in [0.25, 0.3) is 0 Å². The van der Waals surface area contributed by atoms with E-state index < -0.39 is 11.9 Å². The van der Waals surface area contributed by atoms with Crippen molar-refractivity contribution in [2.24, 2.45) is 11.7 Å². The lowest BCUT2D eigenvalue weighted by molar-refractivity contribution is -0.132. The second-order valence-corrected chi connectivity index (χ2v) is 4.07. The summed E-state index contributed by atoms with van der Waals surface area (Å²) < 4.78 is 0. The Kier molecular flexibility index (Phi) is 7.49. The second kappa shape index (κ2) is 8.06. The number of amides is 2. The first kappa shape index (κ1) is 14.9. The van der Waals surface area contributed by atoms with Crippen LogP contribution in [0.2, 0.25) is 0 Å². The molecular formula is C10H21N3O3. The van der Waals surface area contributed by atoms with Gasteiger partial charge in [0.2, 0.25) is 11.8 Å². The third kappa shape index (κ3) is 8.19. The molecule has 0 heterocycles. The van der Waals surface area contributed by atoms with Crippen LogP contribution in [0.15, 0.2) is 0 Å². The van der Waals surface area contributed by atoms with Crippen LogP contribution in [-0.2, 0) is 14.4 Å². The third-order valence-corrected chi connectivity index (χ3v) is 1.89. The summed E-state index contributed by atoms with van der Waals surface area (Å²) >= 11 is 0. The lowest BCUT2D eigenvalue weighted by atomic mass is 10.1. The van der Waals surface area contributed by atoms with Gasteiger partial charge in [-0.25, -0.2) is 0 Å². The molecule has 16 heavy (non-hydrogen) atoms. The zero-order valence-corrected chi connectivity index (χ0v) is 10.1. The van der Waals surface area contributed by atoms with E-state index in [1.807, 2.05) is 0 Å². The normalized spacial score (nSPS) is 12.5. The molecule has 0 aromatic carbocycles. The average molecular weight is 231 g/mol. The summed E-state index contributed by atoms with van der Waals surface area (Å²) in [5.41, 5.74) is 7.30. The maximum Gasteiger partial charge on any atom is 0.245 e. The van der Waals surface area contributed by atoms with Crippen molar-refractivity contribution in [2.45, 2.75) is 33.2 Å². The maximum absolute atomic E-state index is 11.4. The van der Waals surface area contributed by atoms with Crippen LogP contribution in [0.5, 0.6) is 0 Å². The van der Waals surface area contributed by atoms with Crippen molar-refractivity contribution in [2.75, 3.05) is 13.2 Å². The minimum atomic E-state index is -0.583. The van der Waals surface area contributed by atoms with Gasteiger partial charge < -0.3 is 11.1 Å². The molecule has 0 aliphatic rings. The Morgan fingerprint density at radius 2 is 1.94 bits per heavy atom. The molecule has 0 fully saturated rings. The molecule has 0 aliphatic carbocycles. The summed E-state index contributed by atoms with van der Waals surface area (Å²) in [5.74, 6) is -0.195. The molecule has 2 amide bonds. The van der Waals surface area contributed by atoms with E-state index in [2.05, 4.69) is 24.6 Å². The number of nitrogens with one attached hydrogen (secondary N) is 2. The molecule has 0 rings (SSSR count). The number of hydrogen-bond donors (Lipinski definition) is 3. The first-order valence-electron chi connectivity index (χ1n) is 5.36. The molecule has 6 nitrogen and oxygen atoms in total. The summed E-state index contributed by atoms with van der Waals surface area (Å²) in [6.07, 6.45) is 0.931. The molecule has 94 valence electrons. The lowest BCUT2D eigenvalue weighted by Crippen LogP contribution is -2.43. The molecular weight excluding hydrogens is 210 g/mol. The van der Waals surface area contributed by atoms with Crippen LogP contribution in [0.4, 0.5) is 0 Å². The van der Waals surface area contributed by atoms with Crippen LogP contribution in [0.1, 0.15) is 27.2 Å². The van der Waals surface area contributed by atoms with Crippen molar-refractivity contribution < 1.29 is 14.4 Å². The molecule has 0 aromatic heterocycles. The maximum atomic E-state index is 11.4. The standard InChI is InChI=1S/C10H21N3O3/c1-7(2)4-5-12-10(15)8(3)13-16-6-9(11)14/h7-8,13H,4-6H2,1-3H3,(H2,11,14)(H,12,15). The lowest BCUT2D eigenvalue weighted by Gasteiger charge is -2.13. The van der Waals surface area contributed by atoms with Crippen LogP contribution in [-0.4, -0.2) is 31.0 Å². The Balaban J connectivity index is 3.61. The molecule has 0 aromatic rings. The second-order valence-electron chi connectivity index (χ2n) is 4.07. The van der Waals surface area contributed by atoms with Crippen LogP contribution < -0.4 is 16.5 Å². The summed E-state index contributed by atoms with van der Waals surface area (Å²) in [6.45, 7) is 6.21. The minimum Gasteiger partial charge on any atom is -0.368 e. The average Bonchev–Trinajstić information content (AvgIpc) is 2.16. The first-order chi connectivity index (χ1) is 7.43. The molecule has 0 radical (unpaired) electrons. The quantitative estimate of drug-likeness (QED) is 0.493. The highest BCUT2D eigenvalue weighted by Gasteiger charge is 2.12. The highest BCUT2D eigenvalue weighted by molar-refractivity contribution is 5.81. The molecule has 0 saturated heterocycles. The Labute approximate surface area is 95.9 Å². The number of hydroxylamine groups is 1. The fourth-order valence-corrected chi connectivity index (χ4v) is 0.928. The molecule has 0 spiro atoms. The van der Waals surface area contributed by atoms with Gasteiger partial charge in [0.05, 0.1) is 0 Å². The van der Waals surface area contributed by atoms with Crippen molar-refractivity contribution in [1.29, 1.82) is 0 Å². The fourth-order valence-electron chi connectivity index (χ4n) is 0.928. The highest BCUT2D eigenvalue weighted by atomic mass is 16.6. The van der Waals surface area contributed by atoms with E-state index in [0.717, 1.165) is 6.42 Å². The zero-order chi connectivity index (χ0) is 12.6. The van der Waals surface area contributed by atoms with Crippen molar-refractivity contribution >= 4 is 11.8 Å². The van der Waals surface area contributed by atoms with Gasteiger partial charge in [0.1, 0.15) is 12.6 Å². The van der Waals surface area contributed by atoms with Gasteiger partial charge in [0.15, 0.2) is 0 Å². The predicted octanol–water partition coefficient (Wildman–Crippen LogP) is -0.456. The van der Waals surface area contributed by atoms with E-state index in [1.165, 1.54) is 0 Å². The van der Waals surface area contributed by atoms with Crippen LogP contribution in [0, 0.1) is 5.92 Å². The van der Waals surface area contributed by atoms with E-state index in [1.54, 1.807) is 6.92 Å². The summed E-state index contributed by atoms with van der Waals surface area (Å²) in [6, 6.07) is -0.508. The number of rotatable bonds is 8. The number of primary amides is 1. The summed E-state index contributed by atoms with van der Waals surface area (Å²) in [7, 11) is 0. The Bertz CT molecular complexity index is 231. The number of nitrogens with two attached hydrogens (primary N) is 1. The van der Waals surface area contributed by atoms with Crippen LogP contribution >= 0.6 is 0 Å². The van der Waals surface area contributed by atoms with Crippen molar-refractivity contribution in [3.63, 3.8) is 0 Å². The van der Waals surface area contributed by atoms with Gasteiger partial charge >= 0.3 is 0 Å². The fraction of sp³-hybridized carbons (Fsp3) is 0.800. The largest absolute Gasteiger partial charge is 0.368 e. The van der Waals surface area contributed by atoms with Gasteiger partial charge in [0, 0.05) is 6.54 Å². The van der Waals surface area contributed by atoms with Gasteiger partial charge in [0.25, 0.3) is 0 Å². The molecule has 6 heteroatoms. The van der Waals surface area contributed by atoms with E-state index in [-0.39, 0.29) is 12.5 Å². The Morgan fingerprint density at radius 1 is 1.31 bits per heavy atom. The van der Waals surface area contributed by atoms with E-state index in [9.17, 15) is 9.59 Å². The van der Waals surface area contributed by atoms with Gasteiger partial charge in [-0.2, -0.15) is 5.48 Å². The van der Waals surface area contributed by atoms with Gasteiger partial charge in [-0.3, -0.25) is 14.4 Å². The Morgan fingerprint density at radius 3 is 2.44 bits per heavy atom. The molecule has 0 saturated carbocycles. The topological polar surface area (TPSA) is 93.4 Å². The molecule has 0 aliphatic heterocycles. The number of carbonyl (C=O) groups excluding carboxylic acids is 2. The molecule has 1 unspecified atom stereocenters. The summed E-state index contributed by atoms with van der Waals surface area (Å²) in [5, 5.41) is 2.75. The third-order valence-electron chi connectivity index (χ3n) is 1.89. The van der Waals surface area contributed by atoms with E-state index in [0.29, 0.717) is 12.5 Å². The SMILES string of the molecule is CC(C)CCNC(=O)C(C)NOCC(N)=O. The number of hydrogen-bond acceptors (Lipinski definition) is 4. The Hall–Kier alpha value is -1.14. The molecule has 1 atom stereocenters.